The molecule has 158 valence electrons. The highest BCUT2D eigenvalue weighted by molar-refractivity contribution is 6.30. The highest BCUT2D eigenvalue weighted by Crippen LogP contribution is 2.29. The van der Waals surface area contributed by atoms with Gasteiger partial charge in [-0.1, -0.05) is 23.7 Å². The number of carbonyl (C=O) groups is 1. The standard InChI is InChI=1S/C21H26ClN7O/c22-15-3-1-14(2-4-15)17(12-23)28-18(30)11-21(24)6-9-29(10-7-21)20-16-5-8-25-19(16)26-13-27-20/h1-5,8,13,17H,6-7,9-12,23-24H2,(H,28,30)(H,25,26,27). The molecule has 1 amide bonds. The van der Waals surface area contributed by atoms with Crippen LogP contribution in [0.15, 0.2) is 42.9 Å². The number of piperidine rings is 1. The second kappa shape index (κ2) is 8.59. The van der Waals surface area contributed by atoms with Crippen LogP contribution in [0.1, 0.15) is 30.9 Å². The first kappa shape index (κ1) is 20.6. The van der Waals surface area contributed by atoms with Gasteiger partial charge in [-0.3, -0.25) is 4.79 Å². The Kier molecular flexibility index (Phi) is 5.90. The van der Waals surface area contributed by atoms with Crippen molar-refractivity contribution in [2.45, 2.75) is 30.8 Å². The van der Waals surface area contributed by atoms with E-state index in [1.807, 2.05) is 24.4 Å². The average molecular weight is 428 g/mol. The lowest BCUT2D eigenvalue weighted by atomic mass is 9.85. The molecule has 1 aliphatic heterocycles. The van der Waals surface area contributed by atoms with E-state index in [1.165, 1.54) is 0 Å². The van der Waals surface area contributed by atoms with Gasteiger partial charge in [-0.05, 0) is 36.6 Å². The number of amides is 1. The first-order valence-electron chi connectivity index (χ1n) is 10.0. The molecule has 9 heteroatoms. The minimum absolute atomic E-state index is 0.0913. The lowest BCUT2D eigenvalue weighted by molar-refractivity contribution is -0.123. The number of rotatable bonds is 6. The number of hydrogen-bond donors (Lipinski definition) is 4. The van der Waals surface area contributed by atoms with Crippen LogP contribution in [0, 0.1) is 0 Å². The number of nitrogens with two attached hydrogens (primary N) is 2. The predicted octanol–water partition coefficient (Wildman–Crippen LogP) is 2.12. The number of halogens is 1. The van der Waals surface area contributed by atoms with E-state index in [4.69, 9.17) is 23.1 Å². The molecule has 1 unspecified atom stereocenters. The third-order valence-corrected chi connectivity index (χ3v) is 6.00. The van der Waals surface area contributed by atoms with Gasteiger partial charge in [-0.2, -0.15) is 0 Å². The Morgan fingerprint density at radius 1 is 1.23 bits per heavy atom. The molecule has 0 aliphatic carbocycles. The van der Waals surface area contributed by atoms with Crippen LogP contribution in [0.2, 0.25) is 5.02 Å². The molecule has 30 heavy (non-hydrogen) atoms. The monoisotopic (exact) mass is 427 g/mol. The van der Waals surface area contributed by atoms with Crippen LogP contribution in [-0.4, -0.2) is 46.0 Å². The quantitative estimate of drug-likeness (QED) is 0.477. The Morgan fingerprint density at radius 2 is 1.97 bits per heavy atom. The largest absolute Gasteiger partial charge is 0.356 e. The maximum Gasteiger partial charge on any atom is 0.222 e. The Balaban J connectivity index is 1.36. The fourth-order valence-electron chi connectivity index (χ4n) is 3.99. The number of aromatic amines is 1. The molecule has 1 saturated heterocycles. The van der Waals surface area contributed by atoms with Crippen molar-refractivity contribution in [1.82, 2.24) is 20.3 Å². The average Bonchev–Trinajstić information content (AvgIpc) is 3.22. The summed E-state index contributed by atoms with van der Waals surface area (Å²) in [6, 6.07) is 9.05. The number of H-pyrrole nitrogens is 1. The number of nitrogens with zero attached hydrogens (tertiary/aromatic N) is 3. The molecule has 1 fully saturated rings. The Hall–Kier alpha value is -2.68. The molecule has 8 nitrogen and oxygen atoms in total. The number of anilines is 1. The summed E-state index contributed by atoms with van der Waals surface area (Å²) in [4.78, 5) is 26.7. The van der Waals surface area contributed by atoms with Crippen LogP contribution < -0.4 is 21.7 Å². The number of nitrogens with one attached hydrogen (secondary N) is 2. The minimum Gasteiger partial charge on any atom is -0.356 e. The lowest BCUT2D eigenvalue weighted by Gasteiger charge is -2.39. The van der Waals surface area contributed by atoms with Crippen molar-refractivity contribution < 1.29 is 4.79 Å². The summed E-state index contributed by atoms with van der Waals surface area (Å²) < 4.78 is 0. The minimum atomic E-state index is -0.552. The number of hydrogen-bond acceptors (Lipinski definition) is 6. The number of aromatic nitrogens is 3. The number of carbonyl (C=O) groups excluding carboxylic acids is 1. The molecule has 1 atom stereocenters. The maximum absolute atomic E-state index is 12.7. The molecule has 1 aromatic carbocycles. The van der Waals surface area contributed by atoms with E-state index in [0.29, 0.717) is 24.4 Å². The van der Waals surface area contributed by atoms with E-state index in [0.717, 1.165) is 35.5 Å². The molecular weight excluding hydrogens is 402 g/mol. The van der Waals surface area contributed by atoms with E-state index >= 15 is 0 Å². The molecule has 0 radical (unpaired) electrons. The van der Waals surface area contributed by atoms with Crippen LogP contribution >= 0.6 is 11.6 Å². The molecule has 0 spiro atoms. The SMILES string of the molecule is NCC(NC(=O)CC1(N)CCN(c2ncnc3[nH]ccc23)CC1)c1ccc(Cl)cc1. The van der Waals surface area contributed by atoms with E-state index in [-0.39, 0.29) is 18.4 Å². The molecule has 1 aliphatic rings. The van der Waals surface area contributed by atoms with Gasteiger partial charge < -0.3 is 26.7 Å². The van der Waals surface area contributed by atoms with Crippen molar-refractivity contribution in [2.24, 2.45) is 11.5 Å². The third kappa shape index (κ3) is 4.40. The van der Waals surface area contributed by atoms with Crippen LogP contribution in [-0.2, 0) is 4.79 Å². The van der Waals surface area contributed by atoms with Crippen molar-refractivity contribution >= 4 is 34.4 Å². The number of benzene rings is 1. The first-order chi connectivity index (χ1) is 14.5. The summed E-state index contributed by atoms with van der Waals surface area (Å²) in [5.74, 6) is 0.810. The summed E-state index contributed by atoms with van der Waals surface area (Å²) in [5, 5.41) is 4.65. The molecule has 2 aromatic heterocycles. The van der Waals surface area contributed by atoms with E-state index in [9.17, 15) is 4.79 Å². The summed E-state index contributed by atoms with van der Waals surface area (Å²) in [6.07, 6.45) is 5.08. The highest BCUT2D eigenvalue weighted by atomic mass is 35.5. The summed E-state index contributed by atoms with van der Waals surface area (Å²) in [5.41, 5.74) is 13.7. The van der Waals surface area contributed by atoms with E-state index in [2.05, 4.69) is 25.2 Å². The van der Waals surface area contributed by atoms with Crippen LogP contribution in [0.25, 0.3) is 11.0 Å². The van der Waals surface area contributed by atoms with Crippen LogP contribution in [0.4, 0.5) is 5.82 Å². The second-order valence-electron chi connectivity index (χ2n) is 7.87. The summed E-state index contributed by atoms with van der Waals surface area (Å²) >= 11 is 5.95. The van der Waals surface area contributed by atoms with Gasteiger partial charge in [0, 0.05) is 42.8 Å². The molecule has 0 saturated carbocycles. The first-order valence-corrected chi connectivity index (χ1v) is 10.4. The zero-order valence-electron chi connectivity index (χ0n) is 16.6. The topological polar surface area (TPSA) is 126 Å². The molecular formula is C21H26ClN7O. The Labute approximate surface area is 180 Å². The normalized spacial score (nSPS) is 17.1. The fraction of sp³-hybridized carbons (Fsp3) is 0.381. The smallest absolute Gasteiger partial charge is 0.222 e. The van der Waals surface area contributed by atoms with Crippen molar-refractivity contribution in [1.29, 1.82) is 0 Å². The van der Waals surface area contributed by atoms with Gasteiger partial charge in [-0.25, -0.2) is 9.97 Å². The van der Waals surface area contributed by atoms with Crippen LogP contribution in [0.3, 0.4) is 0 Å². The van der Waals surface area contributed by atoms with Crippen molar-refractivity contribution in [3.8, 4) is 0 Å². The van der Waals surface area contributed by atoms with Gasteiger partial charge >= 0.3 is 0 Å². The summed E-state index contributed by atoms with van der Waals surface area (Å²) in [7, 11) is 0. The summed E-state index contributed by atoms with van der Waals surface area (Å²) in [6.45, 7) is 1.77. The third-order valence-electron chi connectivity index (χ3n) is 5.75. The maximum atomic E-state index is 12.7. The second-order valence-corrected chi connectivity index (χ2v) is 8.31. The van der Waals surface area contributed by atoms with Crippen molar-refractivity contribution in [3.05, 3.63) is 53.4 Å². The molecule has 3 heterocycles. The van der Waals surface area contributed by atoms with Crippen molar-refractivity contribution in [3.63, 3.8) is 0 Å². The van der Waals surface area contributed by atoms with Gasteiger partial charge in [0.25, 0.3) is 0 Å². The van der Waals surface area contributed by atoms with Gasteiger partial charge in [0.05, 0.1) is 11.4 Å². The zero-order valence-corrected chi connectivity index (χ0v) is 17.4. The van der Waals surface area contributed by atoms with Crippen LogP contribution in [0.5, 0.6) is 0 Å². The van der Waals surface area contributed by atoms with E-state index < -0.39 is 5.54 Å². The molecule has 3 aromatic rings. The highest BCUT2D eigenvalue weighted by Gasteiger charge is 2.34. The molecule has 0 bridgehead atoms. The molecule has 4 rings (SSSR count). The lowest BCUT2D eigenvalue weighted by Crippen LogP contribution is -2.53. The molecule has 6 N–H and O–H groups in total. The number of fused-ring (bicyclic) bond motifs is 1. The van der Waals surface area contributed by atoms with Gasteiger partial charge in [-0.15, -0.1) is 0 Å². The van der Waals surface area contributed by atoms with Gasteiger partial charge in [0.2, 0.25) is 5.91 Å². The predicted molar refractivity (Wildman–Crippen MR) is 118 cm³/mol. The van der Waals surface area contributed by atoms with E-state index in [1.54, 1.807) is 18.5 Å². The fourth-order valence-corrected chi connectivity index (χ4v) is 4.12. The Morgan fingerprint density at radius 3 is 2.67 bits per heavy atom. The van der Waals surface area contributed by atoms with Gasteiger partial charge in [0.1, 0.15) is 17.8 Å². The van der Waals surface area contributed by atoms with Gasteiger partial charge in [0.15, 0.2) is 0 Å². The van der Waals surface area contributed by atoms with Crippen molar-refractivity contribution in [2.75, 3.05) is 24.5 Å². The Bertz CT molecular complexity index is 1010. The zero-order chi connectivity index (χ0) is 21.1.